The molecule has 0 saturated carbocycles. The summed E-state index contributed by atoms with van der Waals surface area (Å²) < 4.78 is 41.5. The summed E-state index contributed by atoms with van der Waals surface area (Å²) in [7, 11) is -4.15. The van der Waals surface area contributed by atoms with E-state index in [1.165, 1.54) is 48.5 Å². The molecule has 0 saturated heterocycles. The van der Waals surface area contributed by atoms with Crippen molar-refractivity contribution in [3.63, 3.8) is 0 Å². The first-order valence-electron chi connectivity index (χ1n) is 8.91. The van der Waals surface area contributed by atoms with Gasteiger partial charge in [0, 0.05) is 17.1 Å². The van der Waals surface area contributed by atoms with E-state index in [0.29, 0.717) is 5.02 Å². The Hall–Kier alpha value is -2.16. The van der Waals surface area contributed by atoms with Crippen LogP contribution in [0, 0.1) is 5.82 Å². The van der Waals surface area contributed by atoms with Crippen molar-refractivity contribution in [3.05, 3.63) is 93.2 Å². The molecule has 0 radical (unpaired) electrons. The van der Waals surface area contributed by atoms with Crippen LogP contribution in [-0.4, -0.2) is 25.2 Å². The van der Waals surface area contributed by atoms with Crippen molar-refractivity contribution in [2.45, 2.75) is 11.4 Å². The molecule has 3 aromatic rings. The third-order valence-electron chi connectivity index (χ3n) is 4.30. The van der Waals surface area contributed by atoms with Crippen molar-refractivity contribution in [2.24, 2.45) is 0 Å². The van der Waals surface area contributed by atoms with Crippen LogP contribution in [-0.2, 0) is 21.4 Å². The minimum Gasteiger partial charge on any atom is -0.324 e. The second kappa shape index (κ2) is 9.97. The van der Waals surface area contributed by atoms with Gasteiger partial charge >= 0.3 is 0 Å². The van der Waals surface area contributed by atoms with Gasteiger partial charge in [-0.1, -0.05) is 59.1 Å². The summed E-state index contributed by atoms with van der Waals surface area (Å²) in [5.41, 5.74) is 0.350. The molecule has 162 valence electrons. The molecule has 0 aromatic heterocycles. The third-order valence-corrected chi connectivity index (χ3v) is 7.18. The molecule has 0 aliphatic carbocycles. The predicted molar refractivity (Wildman–Crippen MR) is 121 cm³/mol. The summed E-state index contributed by atoms with van der Waals surface area (Å²) in [5, 5.41) is 3.25. The Morgan fingerprint density at radius 2 is 1.61 bits per heavy atom. The van der Waals surface area contributed by atoms with Crippen LogP contribution in [0.15, 0.2) is 71.6 Å². The first-order chi connectivity index (χ1) is 14.7. The molecule has 0 aliphatic heterocycles. The molecule has 0 aliphatic rings. The Morgan fingerprint density at radius 1 is 0.935 bits per heavy atom. The molecule has 5 nitrogen and oxygen atoms in total. The summed E-state index contributed by atoms with van der Waals surface area (Å²) in [4.78, 5) is 12.6. The van der Waals surface area contributed by atoms with Gasteiger partial charge in [0.15, 0.2) is 0 Å². The number of sulfonamides is 1. The van der Waals surface area contributed by atoms with Crippen LogP contribution in [0.25, 0.3) is 0 Å². The van der Waals surface area contributed by atoms with E-state index in [1.807, 2.05) is 0 Å². The van der Waals surface area contributed by atoms with Gasteiger partial charge in [0.1, 0.15) is 5.82 Å². The number of benzene rings is 3. The van der Waals surface area contributed by atoms with Crippen molar-refractivity contribution in [1.29, 1.82) is 0 Å². The van der Waals surface area contributed by atoms with E-state index in [1.54, 1.807) is 18.2 Å². The van der Waals surface area contributed by atoms with E-state index in [9.17, 15) is 17.6 Å². The zero-order valence-corrected chi connectivity index (χ0v) is 18.9. The van der Waals surface area contributed by atoms with Gasteiger partial charge < -0.3 is 5.32 Å². The Morgan fingerprint density at radius 3 is 2.29 bits per heavy atom. The molecule has 0 atom stereocenters. The minimum absolute atomic E-state index is 0.0816. The van der Waals surface area contributed by atoms with E-state index < -0.39 is 28.3 Å². The molecule has 1 N–H and O–H groups in total. The average molecular weight is 502 g/mol. The van der Waals surface area contributed by atoms with Gasteiger partial charge in [-0.3, -0.25) is 4.79 Å². The molecular weight excluding hydrogens is 486 g/mol. The second-order valence-electron chi connectivity index (χ2n) is 6.47. The summed E-state index contributed by atoms with van der Waals surface area (Å²) in [6.07, 6.45) is 0. The fourth-order valence-electron chi connectivity index (χ4n) is 2.75. The minimum atomic E-state index is -4.15. The van der Waals surface area contributed by atoms with Gasteiger partial charge in [0.25, 0.3) is 0 Å². The Labute approximate surface area is 194 Å². The maximum absolute atomic E-state index is 14.2. The number of nitrogens with one attached hydrogen (secondary N) is 1. The zero-order valence-electron chi connectivity index (χ0n) is 15.9. The highest BCUT2D eigenvalue weighted by molar-refractivity contribution is 7.89. The van der Waals surface area contributed by atoms with Crippen LogP contribution in [0.1, 0.15) is 5.56 Å². The zero-order chi connectivity index (χ0) is 22.6. The largest absolute Gasteiger partial charge is 0.324 e. The lowest BCUT2D eigenvalue weighted by atomic mass is 10.2. The standard InChI is InChI=1S/C21H16Cl3FN2O3S/c22-15-8-10-16(11-9-15)31(29,30)27(12-14-4-1-2-6-18(14)25)13-20(28)26-19-7-3-5-17(23)21(19)24/h1-11H,12-13H2,(H,26,28). The number of nitrogens with zero attached hydrogens (tertiary/aromatic N) is 1. The number of hydrogen-bond donors (Lipinski definition) is 1. The smallest absolute Gasteiger partial charge is 0.243 e. The molecule has 1 amide bonds. The van der Waals surface area contributed by atoms with Gasteiger partial charge in [-0.15, -0.1) is 0 Å². The van der Waals surface area contributed by atoms with Gasteiger partial charge in [-0.05, 0) is 42.5 Å². The van der Waals surface area contributed by atoms with Crippen molar-refractivity contribution in [1.82, 2.24) is 4.31 Å². The monoisotopic (exact) mass is 500 g/mol. The normalized spacial score (nSPS) is 11.5. The predicted octanol–water partition coefficient (Wildman–Crippen LogP) is 5.62. The van der Waals surface area contributed by atoms with Crippen LogP contribution in [0.3, 0.4) is 0 Å². The van der Waals surface area contributed by atoms with E-state index in [2.05, 4.69) is 5.32 Å². The first kappa shape index (κ1) is 23.5. The molecule has 0 unspecified atom stereocenters. The average Bonchev–Trinajstić information content (AvgIpc) is 2.73. The van der Waals surface area contributed by atoms with Crippen LogP contribution in [0.2, 0.25) is 15.1 Å². The van der Waals surface area contributed by atoms with Crippen molar-refractivity contribution in [2.75, 3.05) is 11.9 Å². The molecule has 3 aromatic carbocycles. The highest BCUT2D eigenvalue weighted by Gasteiger charge is 2.28. The fraction of sp³-hybridized carbons (Fsp3) is 0.0952. The van der Waals surface area contributed by atoms with E-state index in [0.717, 1.165) is 4.31 Å². The van der Waals surface area contributed by atoms with Crippen molar-refractivity contribution >= 4 is 56.4 Å². The van der Waals surface area contributed by atoms with Crippen LogP contribution < -0.4 is 5.32 Å². The van der Waals surface area contributed by atoms with E-state index in [-0.39, 0.29) is 32.7 Å². The summed E-state index contributed by atoms with van der Waals surface area (Å²) >= 11 is 17.9. The maximum atomic E-state index is 14.2. The first-order valence-corrected chi connectivity index (χ1v) is 11.5. The maximum Gasteiger partial charge on any atom is 0.243 e. The second-order valence-corrected chi connectivity index (χ2v) is 9.63. The molecule has 10 heteroatoms. The van der Waals surface area contributed by atoms with E-state index in [4.69, 9.17) is 34.8 Å². The highest BCUT2D eigenvalue weighted by Crippen LogP contribution is 2.29. The number of anilines is 1. The third kappa shape index (κ3) is 5.75. The molecule has 0 bridgehead atoms. The topological polar surface area (TPSA) is 66.5 Å². The Kier molecular flexibility index (Phi) is 7.56. The van der Waals surface area contributed by atoms with Crippen molar-refractivity contribution < 1.29 is 17.6 Å². The quantitative estimate of drug-likeness (QED) is 0.457. The van der Waals surface area contributed by atoms with Crippen LogP contribution >= 0.6 is 34.8 Å². The molecular formula is C21H16Cl3FN2O3S. The van der Waals surface area contributed by atoms with Gasteiger partial charge in [-0.25, -0.2) is 12.8 Å². The summed E-state index contributed by atoms with van der Waals surface area (Å²) in [6.45, 7) is -0.934. The van der Waals surface area contributed by atoms with Gasteiger partial charge in [0.2, 0.25) is 15.9 Å². The van der Waals surface area contributed by atoms with Gasteiger partial charge in [0.05, 0.1) is 27.2 Å². The number of carbonyl (C=O) groups excluding carboxylic acids is 1. The number of rotatable bonds is 7. The Balaban J connectivity index is 1.91. The van der Waals surface area contributed by atoms with Crippen LogP contribution in [0.4, 0.5) is 10.1 Å². The lowest BCUT2D eigenvalue weighted by molar-refractivity contribution is -0.116. The molecule has 31 heavy (non-hydrogen) atoms. The lowest BCUT2D eigenvalue weighted by Crippen LogP contribution is -2.37. The molecule has 0 heterocycles. The number of hydrogen-bond acceptors (Lipinski definition) is 3. The number of halogens is 4. The summed E-state index contributed by atoms with van der Waals surface area (Å²) in [6, 6.07) is 15.9. The molecule has 0 fully saturated rings. The highest BCUT2D eigenvalue weighted by atomic mass is 35.5. The number of amides is 1. The van der Waals surface area contributed by atoms with Crippen molar-refractivity contribution in [3.8, 4) is 0 Å². The molecule has 3 rings (SSSR count). The van der Waals surface area contributed by atoms with Crippen LogP contribution in [0.5, 0.6) is 0 Å². The lowest BCUT2D eigenvalue weighted by Gasteiger charge is -2.22. The fourth-order valence-corrected chi connectivity index (χ4v) is 4.60. The van der Waals surface area contributed by atoms with E-state index >= 15 is 0 Å². The SMILES string of the molecule is O=C(CN(Cc1ccccc1F)S(=O)(=O)c1ccc(Cl)cc1)Nc1cccc(Cl)c1Cl. The summed E-state index contributed by atoms with van der Waals surface area (Å²) in [5.74, 6) is -1.25. The Bertz CT molecular complexity index is 1200. The molecule has 0 spiro atoms. The van der Waals surface area contributed by atoms with Gasteiger partial charge in [-0.2, -0.15) is 4.31 Å². The number of carbonyl (C=O) groups is 1.